The van der Waals surface area contributed by atoms with Crippen LogP contribution in [0.25, 0.3) is 0 Å². The predicted octanol–water partition coefficient (Wildman–Crippen LogP) is 7.76. The molecule has 0 bridgehead atoms. The van der Waals surface area contributed by atoms with E-state index in [1.54, 1.807) is 0 Å². The van der Waals surface area contributed by atoms with Gasteiger partial charge in [0.25, 0.3) is 0 Å². The second-order valence-corrected chi connectivity index (χ2v) is 19.3. The molecule has 2 aliphatic rings. The first-order valence-corrected chi connectivity index (χ1v) is 18.6. The lowest BCUT2D eigenvalue weighted by Gasteiger charge is -2.49. The Balaban J connectivity index is 2.23. The van der Waals surface area contributed by atoms with Crippen LogP contribution in [0.5, 0.6) is 0 Å². The summed E-state index contributed by atoms with van der Waals surface area (Å²) in [6.45, 7) is 21.5. The van der Waals surface area contributed by atoms with E-state index < -0.39 is 14.4 Å². The number of fused-ring (bicyclic) bond motifs is 1. The van der Waals surface area contributed by atoms with Gasteiger partial charge in [-0.3, -0.25) is 14.4 Å². The van der Waals surface area contributed by atoms with E-state index >= 15 is 0 Å². The predicted molar refractivity (Wildman–Crippen MR) is 163 cm³/mol. The number of Topliss-reactive ketones (excluding diaryl/α,β-unsaturated/α-hetero) is 1. The second-order valence-electron chi connectivity index (χ2n) is 14.5. The van der Waals surface area contributed by atoms with Crippen molar-refractivity contribution >= 4 is 26.0 Å². The molecule has 8 atom stereocenters. The highest BCUT2D eigenvalue weighted by Crippen LogP contribution is 2.49. The number of hydrogen-bond acceptors (Lipinski definition) is 6. The van der Waals surface area contributed by atoms with Gasteiger partial charge in [-0.05, 0) is 73.4 Å². The molecule has 0 saturated heterocycles. The van der Waals surface area contributed by atoms with Crippen molar-refractivity contribution in [1.29, 1.82) is 0 Å². The zero-order valence-electron chi connectivity index (χ0n) is 27.3. The van der Waals surface area contributed by atoms with Gasteiger partial charge in [0.05, 0.1) is 25.6 Å². The average molecular weight is 579 g/mol. The molecule has 2 aliphatic carbocycles. The van der Waals surface area contributed by atoms with Gasteiger partial charge in [0.15, 0.2) is 8.32 Å². The SMILES string of the molecule is CC[C@H](C)C(=O)O[C@H]1C[C@@H](C)C[C@@H]2C=C[C@H](C(C)C)[C@H](CCC(=O)C[C@H](CC(=O)OC)O[Si](C)(C)C(C)(C)C)[C@@H]12. The zero-order chi connectivity index (χ0) is 30.4. The third kappa shape index (κ3) is 9.27. The molecule has 7 heteroatoms. The fourth-order valence-corrected chi connectivity index (χ4v) is 7.73. The van der Waals surface area contributed by atoms with Crippen LogP contribution in [0.15, 0.2) is 12.2 Å². The Hall–Kier alpha value is -1.47. The molecule has 6 nitrogen and oxygen atoms in total. The maximum atomic E-state index is 13.5. The number of carbonyl (C=O) groups excluding carboxylic acids is 3. The van der Waals surface area contributed by atoms with Crippen molar-refractivity contribution in [2.24, 2.45) is 41.4 Å². The molecule has 0 aromatic carbocycles. The van der Waals surface area contributed by atoms with Crippen molar-refractivity contribution in [2.75, 3.05) is 7.11 Å². The quantitative estimate of drug-likeness (QED) is 0.126. The van der Waals surface area contributed by atoms with Gasteiger partial charge in [-0.1, -0.05) is 67.5 Å². The summed E-state index contributed by atoms with van der Waals surface area (Å²) < 4.78 is 17.7. The molecule has 0 spiro atoms. The molecular formula is C33H58O6Si. The van der Waals surface area contributed by atoms with Gasteiger partial charge < -0.3 is 13.9 Å². The highest BCUT2D eigenvalue weighted by Gasteiger charge is 2.47. The fourth-order valence-electron chi connectivity index (χ4n) is 6.38. The second kappa shape index (κ2) is 14.6. The first-order valence-electron chi connectivity index (χ1n) is 15.7. The van der Waals surface area contributed by atoms with Crippen LogP contribution in [-0.2, 0) is 28.3 Å². The number of ether oxygens (including phenoxy) is 2. The summed E-state index contributed by atoms with van der Waals surface area (Å²) in [6, 6.07) is 0. The topological polar surface area (TPSA) is 78.9 Å². The van der Waals surface area contributed by atoms with Crippen LogP contribution in [0, 0.1) is 41.4 Å². The molecule has 1 fully saturated rings. The number of methoxy groups -OCH3 is 1. The Morgan fingerprint density at radius 1 is 1.02 bits per heavy atom. The Morgan fingerprint density at radius 2 is 1.68 bits per heavy atom. The summed E-state index contributed by atoms with van der Waals surface area (Å²) in [5, 5.41) is -0.0296. The van der Waals surface area contributed by atoms with E-state index in [-0.39, 0.29) is 59.5 Å². The Labute approximate surface area is 245 Å². The highest BCUT2D eigenvalue weighted by atomic mass is 28.4. The average Bonchev–Trinajstić information content (AvgIpc) is 2.84. The summed E-state index contributed by atoms with van der Waals surface area (Å²) in [5.41, 5.74) is 0. The van der Waals surface area contributed by atoms with E-state index in [1.165, 1.54) is 7.11 Å². The molecule has 40 heavy (non-hydrogen) atoms. The first kappa shape index (κ1) is 34.7. The normalized spacial score (nSPS) is 28.5. The molecule has 0 aromatic heterocycles. The maximum absolute atomic E-state index is 13.5. The number of ketones is 1. The lowest BCUT2D eigenvalue weighted by molar-refractivity contribution is -0.164. The minimum Gasteiger partial charge on any atom is -0.469 e. The van der Waals surface area contributed by atoms with Crippen molar-refractivity contribution in [2.45, 2.75) is 131 Å². The van der Waals surface area contributed by atoms with E-state index in [2.05, 4.69) is 66.8 Å². The molecule has 0 aromatic rings. The van der Waals surface area contributed by atoms with Crippen LogP contribution in [-0.4, -0.2) is 45.4 Å². The summed E-state index contributed by atoms with van der Waals surface area (Å²) in [5.74, 6) is 1.68. The molecular weight excluding hydrogens is 520 g/mol. The Bertz CT molecular complexity index is 888. The van der Waals surface area contributed by atoms with Gasteiger partial charge in [0, 0.05) is 18.8 Å². The monoisotopic (exact) mass is 578 g/mol. The van der Waals surface area contributed by atoms with Crippen molar-refractivity contribution in [1.82, 2.24) is 0 Å². The number of carbonyl (C=O) groups is 3. The molecule has 0 N–H and O–H groups in total. The third-order valence-corrected chi connectivity index (χ3v) is 14.5. The van der Waals surface area contributed by atoms with Crippen LogP contribution >= 0.6 is 0 Å². The summed E-state index contributed by atoms with van der Waals surface area (Å²) in [7, 11) is -0.803. The lowest BCUT2D eigenvalue weighted by atomic mass is 9.58. The zero-order valence-corrected chi connectivity index (χ0v) is 28.3. The standard InChI is InChI=1S/C33H58O6Si/c1-12-23(5)32(36)38-29-18-22(4)17-24-13-15-27(21(2)3)28(31(24)29)16-14-25(34)19-26(20-30(35)37-9)39-40(10,11)33(6,7)8/h13,15,21-24,26-29,31H,12,14,16-20H2,1-11H3/t22-,23-,24-,26+,27+,28-,29-,31-/m0/s1. The highest BCUT2D eigenvalue weighted by molar-refractivity contribution is 6.74. The van der Waals surface area contributed by atoms with Gasteiger partial charge in [0.2, 0.25) is 0 Å². The van der Waals surface area contributed by atoms with Gasteiger partial charge >= 0.3 is 11.9 Å². The summed E-state index contributed by atoms with van der Waals surface area (Å²) in [4.78, 5) is 38.5. The van der Waals surface area contributed by atoms with Crippen molar-refractivity contribution in [3.8, 4) is 0 Å². The Kier molecular flexibility index (Phi) is 12.7. The maximum Gasteiger partial charge on any atom is 0.308 e. The first-order chi connectivity index (χ1) is 18.5. The number of esters is 2. The fraction of sp³-hybridized carbons (Fsp3) is 0.848. The molecule has 0 amide bonds. The molecule has 2 rings (SSSR count). The third-order valence-electron chi connectivity index (χ3n) is 9.96. The van der Waals surface area contributed by atoms with Gasteiger partial charge in [-0.2, -0.15) is 0 Å². The Morgan fingerprint density at radius 3 is 2.23 bits per heavy atom. The van der Waals surface area contributed by atoms with Crippen LogP contribution < -0.4 is 0 Å². The summed E-state index contributed by atoms with van der Waals surface area (Å²) in [6.07, 6.45) is 8.39. The van der Waals surface area contributed by atoms with Crippen LogP contribution in [0.4, 0.5) is 0 Å². The number of rotatable bonds is 13. The molecule has 0 radical (unpaired) electrons. The van der Waals surface area contributed by atoms with Crippen LogP contribution in [0.2, 0.25) is 18.1 Å². The minimum atomic E-state index is -2.18. The summed E-state index contributed by atoms with van der Waals surface area (Å²) >= 11 is 0. The molecule has 0 unspecified atom stereocenters. The minimum absolute atomic E-state index is 0.0296. The molecule has 230 valence electrons. The smallest absolute Gasteiger partial charge is 0.308 e. The van der Waals surface area contributed by atoms with Crippen molar-refractivity contribution < 1.29 is 28.3 Å². The lowest BCUT2D eigenvalue weighted by Crippen LogP contribution is -2.47. The van der Waals surface area contributed by atoms with Crippen molar-refractivity contribution in [3.63, 3.8) is 0 Å². The van der Waals surface area contributed by atoms with Crippen LogP contribution in [0.3, 0.4) is 0 Å². The van der Waals surface area contributed by atoms with E-state index in [0.717, 1.165) is 25.7 Å². The largest absolute Gasteiger partial charge is 0.469 e. The molecule has 0 aliphatic heterocycles. The van der Waals surface area contributed by atoms with E-state index in [4.69, 9.17) is 13.9 Å². The molecule has 0 heterocycles. The van der Waals surface area contributed by atoms with Gasteiger partial charge in [0.1, 0.15) is 11.9 Å². The molecule has 1 saturated carbocycles. The van der Waals surface area contributed by atoms with E-state index in [0.29, 0.717) is 30.1 Å². The van der Waals surface area contributed by atoms with E-state index in [9.17, 15) is 14.4 Å². The van der Waals surface area contributed by atoms with Gasteiger partial charge in [-0.15, -0.1) is 0 Å². The van der Waals surface area contributed by atoms with Crippen molar-refractivity contribution in [3.05, 3.63) is 12.2 Å². The number of hydrogen-bond donors (Lipinski definition) is 0. The van der Waals surface area contributed by atoms with Crippen LogP contribution in [0.1, 0.15) is 100 Å². The van der Waals surface area contributed by atoms with Gasteiger partial charge in [-0.25, -0.2) is 0 Å². The number of allylic oxidation sites excluding steroid dienone is 2. The van der Waals surface area contributed by atoms with E-state index in [1.807, 2.05) is 13.8 Å².